The topological polar surface area (TPSA) is 46.3 Å². The van der Waals surface area contributed by atoms with E-state index < -0.39 is 0 Å². The first-order valence-corrected chi connectivity index (χ1v) is 4.04. The monoisotopic (exact) mass is 177 g/mol. The molecule has 0 spiro atoms. The van der Waals surface area contributed by atoms with Gasteiger partial charge in [-0.1, -0.05) is 12.1 Å². The lowest BCUT2D eigenvalue weighted by Gasteiger charge is -2.14. The summed E-state index contributed by atoms with van der Waals surface area (Å²) in [5, 5.41) is 0. The Morgan fingerprint density at radius 2 is 2.00 bits per heavy atom. The van der Waals surface area contributed by atoms with Crippen molar-refractivity contribution in [1.29, 1.82) is 0 Å². The molecule has 0 aliphatic rings. The average Bonchev–Trinajstić information content (AvgIpc) is 2.17. The van der Waals surface area contributed by atoms with Gasteiger partial charge < -0.3 is 10.6 Å². The Labute approximate surface area is 78.2 Å². The van der Waals surface area contributed by atoms with Crippen LogP contribution in [-0.2, 0) is 11.3 Å². The molecule has 3 nitrogen and oxygen atoms in total. The van der Waals surface area contributed by atoms with E-state index in [-0.39, 0.29) is 5.91 Å². The van der Waals surface area contributed by atoms with Crippen LogP contribution >= 0.6 is 0 Å². The number of hydrogen-bond acceptors (Lipinski definition) is 2. The second-order valence-corrected chi connectivity index (χ2v) is 2.82. The SMILES string of the molecule is [CH2]C(=O)N(C)c1ccc(CN)cc1. The van der Waals surface area contributed by atoms with Crippen LogP contribution < -0.4 is 10.6 Å². The van der Waals surface area contributed by atoms with Crippen LogP contribution in [0, 0.1) is 6.92 Å². The van der Waals surface area contributed by atoms with Crippen molar-refractivity contribution in [2.75, 3.05) is 11.9 Å². The van der Waals surface area contributed by atoms with Crippen molar-refractivity contribution in [2.45, 2.75) is 6.54 Å². The molecule has 0 aliphatic carbocycles. The molecule has 0 saturated carbocycles. The quantitative estimate of drug-likeness (QED) is 0.730. The van der Waals surface area contributed by atoms with Gasteiger partial charge >= 0.3 is 0 Å². The molecule has 0 fully saturated rings. The maximum Gasteiger partial charge on any atom is 0.227 e. The van der Waals surface area contributed by atoms with E-state index in [1.54, 1.807) is 7.05 Å². The molecular weight excluding hydrogens is 164 g/mol. The van der Waals surface area contributed by atoms with Gasteiger partial charge in [0.25, 0.3) is 0 Å². The lowest BCUT2D eigenvalue weighted by atomic mass is 10.2. The summed E-state index contributed by atoms with van der Waals surface area (Å²) in [7, 11) is 1.69. The number of hydrogen-bond donors (Lipinski definition) is 1. The van der Waals surface area contributed by atoms with Crippen LogP contribution in [-0.4, -0.2) is 13.0 Å². The molecule has 0 unspecified atom stereocenters. The van der Waals surface area contributed by atoms with E-state index in [0.29, 0.717) is 6.54 Å². The van der Waals surface area contributed by atoms with Crippen LogP contribution in [0.4, 0.5) is 5.69 Å². The third-order valence-electron chi connectivity index (χ3n) is 1.93. The maximum atomic E-state index is 10.9. The van der Waals surface area contributed by atoms with E-state index in [4.69, 9.17) is 5.73 Å². The fraction of sp³-hybridized carbons (Fsp3) is 0.200. The Morgan fingerprint density at radius 3 is 2.38 bits per heavy atom. The molecule has 1 amide bonds. The molecule has 13 heavy (non-hydrogen) atoms. The summed E-state index contributed by atoms with van der Waals surface area (Å²) >= 11 is 0. The van der Waals surface area contributed by atoms with Gasteiger partial charge in [-0.05, 0) is 17.7 Å². The lowest BCUT2D eigenvalue weighted by Crippen LogP contribution is -2.22. The van der Waals surface area contributed by atoms with Crippen LogP contribution in [0.25, 0.3) is 0 Å². The molecule has 69 valence electrons. The Morgan fingerprint density at radius 1 is 1.46 bits per heavy atom. The molecule has 0 aromatic heterocycles. The number of amides is 1. The Hall–Kier alpha value is -1.35. The molecule has 0 atom stereocenters. The fourth-order valence-corrected chi connectivity index (χ4v) is 1.000. The molecule has 0 saturated heterocycles. The summed E-state index contributed by atoms with van der Waals surface area (Å²) in [6.07, 6.45) is 0. The van der Waals surface area contributed by atoms with Gasteiger partial charge in [0.15, 0.2) is 0 Å². The predicted molar refractivity (Wildman–Crippen MR) is 53.1 cm³/mol. The molecule has 2 N–H and O–H groups in total. The maximum absolute atomic E-state index is 10.9. The Bertz CT molecular complexity index is 292. The first-order valence-electron chi connectivity index (χ1n) is 4.04. The Kier molecular flexibility index (Phi) is 3.03. The van der Waals surface area contributed by atoms with Gasteiger partial charge in [-0.15, -0.1) is 0 Å². The number of carbonyl (C=O) groups excluding carboxylic acids is 1. The minimum Gasteiger partial charge on any atom is -0.326 e. The molecule has 0 heterocycles. The van der Waals surface area contributed by atoms with E-state index in [9.17, 15) is 4.79 Å². The molecule has 3 heteroatoms. The molecule has 0 bridgehead atoms. The summed E-state index contributed by atoms with van der Waals surface area (Å²) in [6, 6.07) is 7.50. The number of rotatable bonds is 2. The highest BCUT2D eigenvalue weighted by atomic mass is 16.2. The summed E-state index contributed by atoms with van der Waals surface area (Å²) in [4.78, 5) is 12.4. The summed E-state index contributed by atoms with van der Waals surface area (Å²) in [6.45, 7) is 3.84. The standard InChI is InChI=1S/C10H13N2O/c1-8(13)12(2)10-5-3-9(7-11)4-6-10/h3-6H,1,7,11H2,2H3. The minimum absolute atomic E-state index is 0.222. The van der Waals surface area contributed by atoms with Crippen molar-refractivity contribution in [2.24, 2.45) is 5.73 Å². The zero-order valence-corrected chi connectivity index (χ0v) is 7.66. The van der Waals surface area contributed by atoms with Gasteiger partial charge in [-0.25, -0.2) is 0 Å². The van der Waals surface area contributed by atoms with Crippen molar-refractivity contribution >= 4 is 11.6 Å². The number of anilines is 1. The van der Waals surface area contributed by atoms with Crippen molar-refractivity contribution in [3.05, 3.63) is 36.8 Å². The van der Waals surface area contributed by atoms with E-state index >= 15 is 0 Å². The van der Waals surface area contributed by atoms with Crippen LogP contribution in [0.2, 0.25) is 0 Å². The summed E-state index contributed by atoms with van der Waals surface area (Å²) in [5.74, 6) is -0.222. The highest BCUT2D eigenvalue weighted by Gasteiger charge is 2.03. The van der Waals surface area contributed by atoms with Crippen LogP contribution in [0.15, 0.2) is 24.3 Å². The molecule has 1 radical (unpaired) electrons. The molecule has 0 aliphatic heterocycles. The molecule has 1 rings (SSSR count). The smallest absolute Gasteiger partial charge is 0.227 e. The average molecular weight is 177 g/mol. The first-order chi connectivity index (χ1) is 6.15. The van der Waals surface area contributed by atoms with E-state index in [2.05, 4.69) is 6.92 Å². The number of carbonyl (C=O) groups is 1. The summed E-state index contributed by atoms with van der Waals surface area (Å²) in [5.41, 5.74) is 7.32. The third-order valence-corrected chi connectivity index (χ3v) is 1.93. The highest BCUT2D eigenvalue weighted by Crippen LogP contribution is 2.13. The summed E-state index contributed by atoms with van der Waals surface area (Å²) < 4.78 is 0. The molecular formula is C10H13N2O. The fourth-order valence-electron chi connectivity index (χ4n) is 1.000. The highest BCUT2D eigenvalue weighted by molar-refractivity contribution is 5.95. The van der Waals surface area contributed by atoms with Gasteiger partial charge in [-0.2, -0.15) is 0 Å². The van der Waals surface area contributed by atoms with E-state index in [1.807, 2.05) is 24.3 Å². The van der Waals surface area contributed by atoms with Crippen molar-refractivity contribution in [3.63, 3.8) is 0 Å². The van der Waals surface area contributed by atoms with E-state index in [1.165, 1.54) is 4.90 Å². The van der Waals surface area contributed by atoms with Crippen LogP contribution in [0.1, 0.15) is 5.56 Å². The third kappa shape index (κ3) is 2.29. The number of nitrogens with zero attached hydrogens (tertiary/aromatic N) is 1. The predicted octanol–water partition coefficient (Wildman–Crippen LogP) is 0.942. The van der Waals surface area contributed by atoms with Crippen LogP contribution in [0.3, 0.4) is 0 Å². The van der Waals surface area contributed by atoms with Crippen molar-refractivity contribution in [1.82, 2.24) is 0 Å². The normalized spacial score (nSPS) is 9.77. The zero-order chi connectivity index (χ0) is 9.84. The zero-order valence-electron chi connectivity index (χ0n) is 7.66. The first kappa shape index (κ1) is 9.74. The van der Waals surface area contributed by atoms with Gasteiger partial charge in [0.05, 0.1) is 0 Å². The van der Waals surface area contributed by atoms with Crippen molar-refractivity contribution < 1.29 is 4.79 Å². The Balaban J connectivity index is 2.85. The molecule has 1 aromatic carbocycles. The number of nitrogens with two attached hydrogens (primary N) is 1. The van der Waals surface area contributed by atoms with Crippen molar-refractivity contribution in [3.8, 4) is 0 Å². The lowest BCUT2D eigenvalue weighted by molar-refractivity contribution is -0.114. The molecule has 1 aromatic rings. The second-order valence-electron chi connectivity index (χ2n) is 2.82. The van der Waals surface area contributed by atoms with Gasteiger partial charge in [0, 0.05) is 26.2 Å². The number of benzene rings is 1. The van der Waals surface area contributed by atoms with Gasteiger partial charge in [0.2, 0.25) is 5.91 Å². The van der Waals surface area contributed by atoms with Gasteiger partial charge in [-0.3, -0.25) is 4.79 Å². The van der Waals surface area contributed by atoms with E-state index in [0.717, 1.165) is 11.3 Å². The van der Waals surface area contributed by atoms with Gasteiger partial charge in [0.1, 0.15) is 0 Å². The second kappa shape index (κ2) is 4.05. The van der Waals surface area contributed by atoms with Crippen LogP contribution in [0.5, 0.6) is 0 Å². The largest absolute Gasteiger partial charge is 0.326 e. The minimum atomic E-state index is -0.222.